The van der Waals surface area contributed by atoms with Crippen molar-refractivity contribution >= 4 is 0 Å². The summed E-state index contributed by atoms with van der Waals surface area (Å²) < 4.78 is 10.6. The quantitative estimate of drug-likeness (QED) is 0.876. The molecule has 1 atom stereocenters. The first-order valence-corrected chi connectivity index (χ1v) is 6.90. The fourth-order valence-corrected chi connectivity index (χ4v) is 2.03. The van der Waals surface area contributed by atoms with Crippen molar-refractivity contribution in [3.8, 4) is 17.1 Å². The third-order valence-corrected chi connectivity index (χ3v) is 3.23. The Labute approximate surface area is 119 Å². The van der Waals surface area contributed by atoms with E-state index in [4.69, 9.17) is 15.0 Å². The van der Waals surface area contributed by atoms with E-state index in [1.807, 2.05) is 25.1 Å². The van der Waals surface area contributed by atoms with E-state index in [0.29, 0.717) is 11.7 Å². The number of hydrogen-bond acceptors (Lipinski definition) is 5. The maximum atomic E-state index is 6.04. The van der Waals surface area contributed by atoms with E-state index in [1.54, 1.807) is 7.11 Å². The van der Waals surface area contributed by atoms with Gasteiger partial charge >= 0.3 is 0 Å². The van der Waals surface area contributed by atoms with Crippen LogP contribution in [0.5, 0.6) is 5.75 Å². The highest BCUT2D eigenvalue weighted by molar-refractivity contribution is 5.64. The lowest BCUT2D eigenvalue weighted by atomic mass is 10.1. The molecule has 0 aliphatic heterocycles. The minimum Gasteiger partial charge on any atom is -0.496 e. The first-order valence-electron chi connectivity index (χ1n) is 6.90. The zero-order valence-corrected chi connectivity index (χ0v) is 12.2. The highest BCUT2D eigenvalue weighted by atomic mass is 16.5. The van der Waals surface area contributed by atoms with Gasteiger partial charge in [0.25, 0.3) is 0 Å². The largest absolute Gasteiger partial charge is 0.496 e. The Morgan fingerprint density at radius 2 is 2.20 bits per heavy atom. The second kappa shape index (κ2) is 6.52. The zero-order chi connectivity index (χ0) is 14.5. The van der Waals surface area contributed by atoms with Crippen molar-refractivity contribution in [1.29, 1.82) is 0 Å². The second-order valence-electron chi connectivity index (χ2n) is 4.91. The normalized spacial score (nSPS) is 12.4. The Hall–Kier alpha value is -1.88. The van der Waals surface area contributed by atoms with Crippen molar-refractivity contribution in [2.24, 2.45) is 5.73 Å². The van der Waals surface area contributed by atoms with Crippen LogP contribution in [0, 0.1) is 6.92 Å². The molecule has 5 heteroatoms. The summed E-state index contributed by atoms with van der Waals surface area (Å²) in [6.07, 6.45) is 3.00. The second-order valence-corrected chi connectivity index (χ2v) is 4.91. The third kappa shape index (κ3) is 3.17. The average Bonchev–Trinajstić information content (AvgIpc) is 2.94. The fraction of sp³-hybridized carbons (Fsp3) is 0.467. The number of nitrogens with zero attached hydrogens (tertiary/aromatic N) is 2. The lowest BCUT2D eigenvalue weighted by Gasteiger charge is -2.06. The highest BCUT2D eigenvalue weighted by Gasteiger charge is 2.17. The summed E-state index contributed by atoms with van der Waals surface area (Å²) in [7, 11) is 1.63. The van der Waals surface area contributed by atoms with Crippen LogP contribution in [0.25, 0.3) is 11.4 Å². The number of methoxy groups -OCH3 is 1. The van der Waals surface area contributed by atoms with Gasteiger partial charge in [0.1, 0.15) is 5.75 Å². The van der Waals surface area contributed by atoms with Crippen molar-refractivity contribution in [3.63, 3.8) is 0 Å². The summed E-state index contributed by atoms with van der Waals surface area (Å²) in [5.41, 5.74) is 7.97. The van der Waals surface area contributed by atoms with Gasteiger partial charge in [0, 0.05) is 0 Å². The number of aromatic nitrogens is 2. The molecule has 0 saturated heterocycles. The van der Waals surface area contributed by atoms with Gasteiger partial charge < -0.3 is 15.0 Å². The molecule has 2 rings (SSSR count). The van der Waals surface area contributed by atoms with Gasteiger partial charge in [0.2, 0.25) is 11.7 Å². The van der Waals surface area contributed by atoms with E-state index in [1.165, 1.54) is 0 Å². The van der Waals surface area contributed by atoms with Crippen LogP contribution in [-0.4, -0.2) is 17.3 Å². The topological polar surface area (TPSA) is 74.2 Å². The molecule has 0 spiro atoms. The minimum absolute atomic E-state index is 0.201. The number of nitrogens with two attached hydrogens (primary N) is 1. The molecule has 0 fully saturated rings. The summed E-state index contributed by atoms with van der Waals surface area (Å²) in [6, 6.07) is 5.67. The number of aryl methyl sites for hydroxylation is 1. The Balaban J connectivity index is 2.24. The molecule has 2 N–H and O–H groups in total. The highest BCUT2D eigenvalue weighted by Crippen LogP contribution is 2.29. The van der Waals surface area contributed by atoms with Gasteiger partial charge in [-0.1, -0.05) is 31.0 Å². The van der Waals surface area contributed by atoms with Gasteiger partial charge in [-0.3, -0.25) is 0 Å². The molecule has 1 aromatic heterocycles. The lowest BCUT2D eigenvalue weighted by molar-refractivity contribution is 0.346. The van der Waals surface area contributed by atoms with Gasteiger partial charge in [0.15, 0.2) is 0 Å². The molecule has 0 radical (unpaired) electrons. The van der Waals surface area contributed by atoms with Crippen LogP contribution in [0.15, 0.2) is 22.7 Å². The summed E-state index contributed by atoms with van der Waals surface area (Å²) >= 11 is 0. The van der Waals surface area contributed by atoms with E-state index in [0.717, 1.165) is 36.1 Å². The first kappa shape index (κ1) is 14.5. The number of hydrogen-bond donors (Lipinski definition) is 1. The first-order chi connectivity index (χ1) is 9.65. The molecular formula is C15H21N3O2. The number of rotatable bonds is 6. The molecule has 2 aromatic rings. The molecule has 5 nitrogen and oxygen atoms in total. The van der Waals surface area contributed by atoms with Gasteiger partial charge in [0.05, 0.1) is 18.7 Å². The summed E-state index contributed by atoms with van der Waals surface area (Å²) in [5, 5.41) is 4.01. The predicted octanol–water partition coefficient (Wildman–Crippen LogP) is 3.24. The zero-order valence-electron chi connectivity index (χ0n) is 12.2. The van der Waals surface area contributed by atoms with Gasteiger partial charge in [-0.2, -0.15) is 4.98 Å². The van der Waals surface area contributed by atoms with E-state index in [2.05, 4.69) is 17.1 Å². The van der Waals surface area contributed by atoms with Crippen LogP contribution < -0.4 is 10.5 Å². The molecule has 0 amide bonds. The van der Waals surface area contributed by atoms with E-state index >= 15 is 0 Å². The van der Waals surface area contributed by atoms with Crippen LogP contribution in [-0.2, 0) is 0 Å². The maximum absolute atomic E-state index is 6.04. The van der Waals surface area contributed by atoms with Crippen molar-refractivity contribution in [2.45, 2.75) is 39.2 Å². The molecule has 1 heterocycles. The predicted molar refractivity (Wildman–Crippen MR) is 77.5 cm³/mol. The molecule has 0 bridgehead atoms. The van der Waals surface area contributed by atoms with E-state index in [-0.39, 0.29) is 6.04 Å². The molecule has 0 aliphatic carbocycles. The average molecular weight is 275 g/mol. The lowest BCUT2D eigenvalue weighted by Crippen LogP contribution is -2.10. The Morgan fingerprint density at radius 3 is 2.90 bits per heavy atom. The van der Waals surface area contributed by atoms with Crippen molar-refractivity contribution in [1.82, 2.24) is 10.1 Å². The van der Waals surface area contributed by atoms with E-state index in [9.17, 15) is 0 Å². The van der Waals surface area contributed by atoms with Gasteiger partial charge in [-0.05, 0) is 31.0 Å². The molecule has 0 unspecified atom stereocenters. The Bertz CT molecular complexity index is 566. The van der Waals surface area contributed by atoms with Crippen molar-refractivity contribution < 1.29 is 9.26 Å². The Kier molecular flexibility index (Phi) is 4.74. The summed E-state index contributed by atoms with van der Waals surface area (Å²) in [4.78, 5) is 4.39. The summed E-state index contributed by atoms with van der Waals surface area (Å²) in [5.74, 6) is 1.74. The van der Waals surface area contributed by atoms with E-state index < -0.39 is 0 Å². The fourth-order valence-electron chi connectivity index (χ4n) is 2.03. The van der Waals surface area contributed by atoms with Crippen LogP contribution in [0.2, 0.25) is 0 Å². The molecule has 0 saturated carbocycles. The number of benzene rings is 1. The third-order valence-electron chi connectivity index (χ3n) is 3.23. The molecular weight excluding hydrogens is 254 g/mol. The molecule has 1 aromatic carbocycles. The monoisotopic (exact) mass is 275 g/mol. The summed E-state index contributed by atoms with van der Waals surface area (Å²) in [6.45, 7) is 4.14. The van der Waals surface area contributed by atoms with Crippen LogP contribution in [0.4, 0.5) is 0 Å². The molecule has 108 valence electrons. The number of ether oxygens (including phenoxy) is 1. The van der Waals surface area contributed by atoms with Crippen LogP contribution in [0.1, 0.15) is 43.7 Å². The van der Waals surface area contributed by atoms with Crippen LogP contribution in [0.3, 0.4) is 0 Å². The maximum Gasteiger partial charge on any atom is 0.243 e. The van der Waals surface area contributed by atoms with Crippen molar-refractivity contribution in [2.75, 3.05) is 7.11 Å². The molecule has 0 aliphatic rings. The minimum atomic E-state index is -0.201. The van der Waals surface area contributed by atoms with Gasteiger partial charge in [-0.25, -0.2) is 0 Å². The standard InChI is InChI=1S/C15H21N3O2/c1-4-5-6-12(16)15-17-14(18-20-15)11-8-7-10(2)9-13(11)19-3/h7-9,12H,4-6,16H2,1-3H3/t12-/m0/s1. The smallest absolute Gasteiger partial charge is 0.243 e. The molecule has 20 heavy (non-hydrogen) atoms. The number of unbranched alkanes of at least 4 members (excludes halogenated alkanes) is 1. The van der Waals surface area contributed by atoms with Crippen LogP contribution >= 0.6 is 0 Å². The van der Waals surface area contributed by atoms with Gasteiger partial charge in [-0.15, -0.1) is 0 Å². The Morgan fingerprint density at radius 1 is 1.40 bits per heavy atom. The van der Waals surface area contributed by atoms with Crippen molar-refractivity contribution in [3.05, 3.63) is 29.7 Å². The SMILES string of the molecule is CCCC[C@H](N)c1nc(-c2ccc(C)cc2OC)no1.